The van der Waals surface area contributed by atoms with Crippen molar-refractivity contribution in [1.29, 1.82) is 5.26 Å². The largest absolute Gasteiger partial charge is 0.204 e. The van der Waals surface area contributed by atoms with Gasteiger partial charge >= 0.3 is 0 Å². The molecule has 0 amide bonds. The lowest BCUT2D eigenvalue weighted by Gasteiger charge is -2.01. The Balaban J connectivity index is 3.33. The maximum absolute atomic E-state index is 13.0. The molecule has 0 spiro atoms. The summed E-state index contributed by atoms with van der Waals surface area (Å²) in [6.45, 7) is 0. The summed E-state index contributed by atoms with van der Waals surface area (Å²) in [7, 11) is 0. The lowest BCUT2D eigenvalue weighted by atomic mass is 10.2. The number of benzene rings is 1. The van der Waals surface area contributed by atoms with Crippen LogP contribution in [0.5, 0.6) is 0 Å². The highest BCUT2D eigenvalue weighted by Gasteiger charge is 2.14. The van der Waals surface area contributed by atoms with Gasteiger partial charge < -0.3 is 0 Å². The fourth-order valence-electron chi connectivity index (χ4n) is 0.845. The van der Waals surface area contributed by atoms with E-state index >= 15 is 0 Å². The molecule has 0 aliphatic carbocycles. The molecule has 0 bridgehead atoms. The molecule has 0 unspecified atom stereocenters. The molecule has 0 N–H and O–H groups in total. The summed E-state index contributed by atoms with van der Waals surface area (Å²) in [5.74, 6) is -4.30. The standard InChI is InChI=1S/C9H3ClF3N/c10-6(3-4-14)5-1-2-7(11)9(13)8(5)12/h1-3H. The zero-order valence-electron chi connectivity index (χ0n) is 6.69. The van der Waals surface area contributed by atoms with Gasteiger partial charge in [0, 0.05) is 11.6 Å². The highest BCUT2D eigenvalue weighted by molar-refractivity contribution is 6.49. The lowest BCUT2D eigenvalue weighted by molar-refractivity contribution is 0.446. The number of nitrogens with zero attached hydrogens (tertiary/aromatic N) is 1. The first kappa shape index (κ1) is 10.6. The summed E-state index contributed by atoms with van der Waals surface area (Å²) >= 11 is 5.45. The van der Waals surface area contributed by atoms with E-state index in [0.717, 1.165) is 18.2 Å². The lowest BCUT2D eigenvalue weighted by Crippen LogP contribution is -1.94. The Morgan fingerprint density at radius 3 is 2.50 bits per heavy atom. The van der Waals surface area contributed by atoms with Crippen LogP contribution < -0.4 is 0 Å². The van der Waals surface area contributed by atoms with E-state index in [0.29, 0.717) is 0 Å². The number of nitriles is 1. The van der Waals surface area contributed by atoms with Gasteiger partial charge in [-0.1, -0.05) is 11.6 Å². The summed E-state index contributed by atoms with van der Waals surface area (Å²) in [4.78, 5) is 0. The van der Waals surface area contributed by atoms with Crippen molar-refractivity contribution < 1.29 is 13.2 Å². The van der Waals surface area contributed by atoms with E-state index in [-0.39, 0.29) is 10.6 Å². The quantitative estimate of drug-likeness (QED) is 0.523. The van der Waals surface area contributed by atoms with Crippen LogP contribution in [0, 0.1) is 28.8 Å². The summed E-state index contributed by atoms with van der Waals surface area (Å²) in [5, 5.41) is 7.94. The smallest absolute Gasteiger partial charge is 0.195 e. The zero-order chi connectivity index (χ0) is 10.7. The molecule has 0 saturated heterocycles. The van der Waals surface area contributed by atoms with E-state index in [9.17, 15) is 13.2 Å². The van der Waals surface area contributed by atoms with E-state index in [1.165, 1.54) is 0 Å². The third-order valence-electron chi connectivity index (χ3n) is 1.48. The molecule has 1 aromatic rings. The number of hydrogen-bond donors (Lipinski definition) is 0. The van der Waals surface area contributed by atoms with Crippen molar-refractivity contribution in [3.8, 4) is 6.07 Å². The minimum absolute atomic E-state index is 0.274. The van der Waals surface area contributed by atoms with Gasteiger partial charge in [-0.05, 0) is 12.1 Å². The minimum atomic E-state index is -1.60. The maximum Gasteiger partial charge on any atom is 0.195 e. The number of halogens is 4. The van der Waals surface area contributed by atoms with Crippen molar-refractivity contribution in [2.24, 2.45) is 0 Å². The van der Waals surface area contributed by atoms with Gasteiger partial charge in [-0.25, -0.2) is 13.2 Å². The number of hydrogen-bond acceptors (Lipinski definition) is 1. The van der Waals surface area contributed by atoms with Crippen molar-refractivity contribution in [3.63, 3.8) is 0 Å². The maximum atomic E-state index is 13.0. The van der Waals surface area contributed by atoms with Gasteiger partial charge in [-0.3, -0.25) is 0 Å². The second-order valence-corrected chi connectivity index (χ2v) is 2.75. The van der Waals surface area contributed by atoms with Crippen LogP contribution in [0.1, 0.15) is 5.56 Å². The predicted octanol–water partition coefficient (Wildman–Crippen LogP) is 3.21. The Morgan fingerprint density at radius 2 is 1.93 bits per heavy atom. The second-order valence-electron chi connectivity index (χ2n) is 2.34. The molecule has 1 rings (SSSR count). The van der Waals surface area contributed by atoms with Crippen LogP contribution >= 0.6 is 11.6 Å². The van der Waals surface area contributed by atoms with E-state index in [1.54, 1.807) is 6.07 Å². The van der Waals surface area contributed by atoms with E-state index < -0.39 is 17.5 Å². The highest BCUT2D eigenvalue weighted by atomic mass is 35.5. The van der Waals surface area contributed by atoms with Gasteiger partial charge in [-0.2, -0.15) is 5.26 Å². The van der Waals surface area contributed by atoms with E-state index in [1.807, 2.05) is 0 Å². The van der Waals surface area contributed by atoms with Crippen molar-refractivity contribution in [2.45, 2.75) is 0 Å². The van der Waals surface area contributed by atoms with Crippen LogP contribution in [-0.2, 0) is 0 Å². The summed E-state index contributed by atoms with van der Waals surface area (Å²) in [5.41, 5.74) is -0.341. The van der Waals surface area contributed by atoms with Crippen molar-refractivity contribution in [1.82, 2.24) is 0 Å². The Hall–Kier alpha value is -1.47. The first-order valence-corrected chi connectivity index (χ1v) is 3.85. The molecule has 0 aliphatic rings. The molecule has 5 heteroatoms. The molecular formula is C9H3ClF3N. The number of rotatable bonds is 1. The monoisotopic (exact) mass is 217 g/mol. The predicted molar refractivity (Wildman–Crippen MR) is 45.8 cm³/mol. The average Bonchev–Trinajstić information content (AvgIpc) is 2.15. The van der Waals surface area contributed by atoms with Gasteiger partial charge in [0.15, 0.2) is 17.5 Å². The fraction of sp³-hybridized carbons (Fsp3) is 0. The van der Waals surface area contributed by atoms with E-state index in [2.05, 4.69) is 0 Å². The van der Waals surface area contributed by atoms with Crippen molar-refractivity contribution >= 4 is 16.6 Å². The highest BCUT2D eigenvalue weighted by Crippen LogP contribution is 2.24. The summed E-state index contributed by atoms with van der Waals surface area (Å²) < 4.78 is 38.1. The molecule has 0 saturated carbocycles. The molecule has 0 aliphatic heterocycles. The van der Waals surface area contributed by atoms with Crippen molar-refractivity contribution in [3.05, 3.63) is 41.2 Å². The van der Waals surface area contributed by atoms with Gasteiger partial charge in [0.25, 0.3) is 0 Å². The van der Waals surface area contributed by atoms with Crippen molar-refractivity contribution in [2.75, 3.05) is 0 Å². The third kappa shape index (κ3) is 1.88. The molecule has 0 heterocycles. The molecule has 0 fully saturated rings. The van der Waals surface area contributed by atoms with Crippen LogP contribution in [0.4, 0.5) is 13.2 Å². The van der Waals surface area contributed by atoms with Crippen LogP contribution in [0.2, 0.25) is 0 Å². The molecule has 1 nitrogen and oxygen atoms in total. The minimum Gasteiger partial charge on any atom is -0.204 e. The molecule has 14 heavy (non-hydrogen) atoms. The van der Waals surface area contributed by atoms with Gasteiger partial charge in [0.1, 0.15) is 0 Å². The second kappa shape index (κ2) is 4.16. The summed E-state index contributed by atoms with van der Waals surface area (Å²) in [6, 6.07) is 3.25. The van der Waals surface area contributed by atoms with Gasteiger partial charge in [0.2, 0.25) is 0 Å². The van der Waals surface area contributed by atoms with E-state index in [4.69, 9.17) is 16.9 Å². The zero-order valence-corrected chi connectivity index (χ0v) is 7.45. The number of allylic oxidation sites excluding steroid dienone is 1. The molecular weight excluding hydrogens is 215 g/mol. The molecule has 0 radical (unpaired) electrons. The molecule has 0 aromatic heterocycles. The Kier molecular flexibility index (Phi) is 3.15. The summed E-state index contributed by atoms with van der Waals surface area (Å²) in [6.07, 6.45) is 0.831. The van der Waals surface area contributed by atoms with Gasteiger partial charge in [0.05, 0.1) is 11.1 Å². The Morgan fingerprint density at radius 1 is 1.29 bits per heavy atom. The van der Waals surface area contributed by atoms with Crippen LogP contribution in [0.15, 0.2) is 18.2 Å². The molecule has 0 atom stereocenters. The van der Waals surface area contributed by atoms with Crippen LogP contribution in [-0.4, -0.2) is 0 Å². The topological polar surface area (TPSA) is 23.8 Å². The fourth-order valence-corrected chi connectivity index (χ4v) is 1.04. The Labute approximate surface area is 83.0 Å². The third-order valence-corrected chi connectivity index (χ3v) is 1.80. The van der Waals surface area contributed by atoms with Crippen LogP contribution in [0.3, 0.4) is 0 Å². The van der Waals surface area contributed by atoms with Crippen LogP contribution in [0.25, 0.3) is 5.03 Å². The molecule has 1 aromatic carbocycles. The first-order valence-electron chi connectivity index (χ1n) is 3.47. The van der Waals surface area contributed by atoms with Gasteiger partial charge in [-0.15, -0.1) is 0 Å². The first-order chi connectivity index (χ1) is 6.57. The normalized spacial score (nSPS) is 11.2. The SMILES string of the molecule is N#CC=C(Cl)c1ccc(F)c(F)c1F. The average molecular weight is 218 g/mol. The molecule has 72 valence electrons. The Bertz CT molecular complexity index is 434.